The van der Waals surface area contributed by atoms with Gasteiger partial charge in [0, 0.05) is 25.2 Å². The van der Waals surface area contributed by atoms with E-state index in [4.69, 9.17) is 15.2 Å². The van der Waals surface area contributed by atoms with Crippen LogP contribution in [0.1, 0.15) is 23.2 Å². The van der Waals surface area contributed by atoms with Crippen LogP contribution >= 0.6 is 0 Å². The van der Waals surface area contributed by atoms with Gasteiger partial charge in [-0.2, -0.15) is 0 Å². The molecule has 8 nitrogen and oxygen atoms in total. The van der Waals surface area contributed by atoms with Crippen molar-refractivity contribution in [2.75, 3.05) is 18.0 Å². The highest BCUT2D eigenvalue weighted by atomic mass is 19.1. The first kappa shape index (κ1) is 23.7. The van der Waals surface area contributed by atoms with Crippen LogP contribution in [0.5, 0.6) is 23.1 Å². The average molecular weight is 477 g/mol. The quantitative estimate of drug-likeness (QED) is 0.473. The second kappa shape index (κ2) is 10.7. The van der Waals surface area contributed by atoms with Crippen LogP contribution in [0.3, 0.4) is 0 Å². The molecule has 1 saturated heterocycles. The molecule has 0 aliphatic carbocycles. The molecule has 0 atom stereocenters. The van der Waals surface area contributed by atoms with E-state index in [9.17, 15) is 14.0 Å². The number of piperidine rings is 1. The van der Waals surface area contributed by atoms with Crippen LogP contribution in [0.2, 0.25) is 0 Å². The van der Waals surface area contributed by atoms with Crippen LogP contribution in [-0.2, 0) is 4.79 Å². The van der Waals surface area contributed by atoms with Crippen molar-refractivity contribution >= 4 is 17.5 Å². The summed E-state index contributed by atoms with van der Waals surface area (Å²) in [5.74, 6) is 0.156. The Morgan fingerprint density at radius 3 is 2.37 bits per heavy atom. The first-order chi connectivity index (χ1) is 16.9. The summed E-state index contributed by atoms with van der Waals surface area (Å²) in [4.78, 5) is 30.0. The summed E-state index contributed by atoms with van der Waals surface area (Å²) >= 11 is 0. The Bertz CT molecular complexity index is 1220. The van der Waals surface area contributed by atoms with E-state index in [0.29, 0.717) is 30.3 Å². The molecule has 1 aliphatic rings. The third kappa shape index (κ3) is 6.14. The Morgan fingerprint density at radius 2 is 1.74 bits per heavy atom. The topological polar surface area (TPSA) is 107 Å². The molecule has 0 bridgehead atoms. The highest BCUT2D eigenvalue weighted by Crippen LogP contribution is 2.30. The zero-order valence-corrected chi connectivity index (χ0v) is 18.9. The molecule has 3 N–H and O–H groups in total. The van der Waals surface area contributed by atoms with Crippen LogP contribution in [0.4, 0.5) is 10.1 Å². The number of pyridine rings is 1. The van der Waals surface area contributed by atoms with Crippen molar-refractivity contribution in [3.05, 3.63) is 84.8 Å². The van der Waals surface area contributed by atoms with E-state index >= 15 is 0 Å². The Hall–Kier alpha value is -4.40. The Labute approximate surface area is 202 Å². The molecule has 1 aliphatic heterocycles. The maximum atomic E-state index is 13.3. The second-order valence-corrected chi connectivity index (χ2v) is 8.02. The van der Waals surface area contributed by atoms with Crippen molar-refractivity contribution in [2.24, 2.45) is 5.73 Å². The van der Waals surface area contributed by atoms with E-state index in [-0.39, 0.29) is 29.2 Å². The van der Waals surface area contributed by atoms with E-state index in [2.05, 4.69) is 21.8 Å². The maximum absolute atomic E-state index is 13.3. The highest BCUT2D eigenvalue weighted by Gasteiger charge is 2.22. The highest BCUT2D eigenvalue weighted by molar-refractivity contribution is 5.96. The lowest BCUT2D eigenvalue weighted by Gasteiger charge is -2.33. The third-order valence-corrected chi connectivity index (χ3v) is 5.56. The molecule has 4 rings (SSSR count). The minimum Gasteiger partial charge on any atom is -0.457 e. The van der Waals surface area contributed by atoms with Gasteiger partial charge in [0.05, 0.1) is 11.9 Å². The molecule has 2 heterocycles. The predicted molar refractivity (Wildman–Crippen MR) is 129 cm³/mol. The number of halogens is 1. The zero-order valence-electron chi connectivity index (χ0n) is 18.9. The number of carbonyl (C=O) groups is 2. The molecule has 0 unspecified atom stereocenters. The van der Waals surface area contributed by atoms with E-state index < -0.39 is 5.91 Å². The smallest absolute Gasteiger partial charge is 0.254 e. The number of nitrogens with two attached hydrogens (primary N) is 1. The molecule has 35 heavy (non-hydrogen) atoms. The molecule has 0 radical (unpaired) electrons. The van der Waals surface area contributed by atoms with E-state index in [0.717, 1.165) is 18.5 Å². The number of hydrogen-bond donors (Lipinski definition) is 2. The summed E-state index contributed by atoms with van der Waals surface area (Å²) in [5, 5.41) is 2.91. The molecule has 2 aromatic carbocycles. The molecule has 3 aromatic rings. The summed E-state index contributed by atoms with van der Waals surface area (Å²) in [6.07, 6.45) is 4.41. The molecular formula is C26H25FN4O4. The summed E-state index contributed by atoms with van der Waals surface area (Å²) < 4.78 is 24.8. The second-order valence-electron chi connectivity index (χ2n) is 8.02. The van der Waals surface area contributed by atoms with Crippen molar-refractivity contribution in [1.82, 2.24) is 10.3 Å². The van der Waals surface area contributed by atoms with Gasteiger partial charge in [-0.25, -0.2) is 9.37 Å². The molecule has 2 amide bonds. The number of aromatic nitrogens is 1. The minimum atomic E-state index is -0.659. The number of hydrogen-bond acceptors (Lipinski definition) is 6. The van der Waals surface area contributed by atoms with Gasteiger partial charge < -0.3 is 25.4 Å². The molecule has 0 saturated carbocycles. The third-order valence-electron chi connectivity index (χ3n) is 5.56. The molecular weight excluding hydrogens is 451 g/mol. The monoisotopic (exact) mass is 476 g/mol. The number of amides is 2. The van der Waals surface area contributed by atoms with Crippen molar-refractivity contribution in [1.29, 1.82) is 0 Å². The first-order valence-electron chi connectivity index (χ1n) is 11.1. The van der Waals surface area contributed by atoms with E-state index in [1.54, 1.807) is 48.7 Å². The van der Waals surface area contributed by atoms with Crippen LogP contribution in [0.15, 0.2) is 73.4 Å². The predicted octanol–water partition coefficient (Wildman–Crippen LogP) is 4.18. The fourth-order valence-corrected chi connectivity index (χ4v) is 3.77. The van der Waals surface area contributed by atoms with Gasteiger partial charge in [0.1, 0.15) is 28.6 Å². The van der Waals surface area contributed by atoms with E-state index in [1.807, 2.05) is 0 Å². The van der Waals surface area contributed by atoms with E-state index in [1.165, 1.54) is 18.2 Å². The van der Waals surface area contributed by atoms with Gasteiger partial charge in [-0.3, -0.25) is 9.59 Å². The van der Waals surface area contributed by atoms with Crippen molar-refractivity contribution in [2.45, 2.75) is 18.9 Å². The summed E-state index contributed by atoms with van der Waals surface area (Å²) in [7, 11) is 0. The molecule has 0 spiro atoms. The molecule has 1 fully saturated rings. The minimum absolute atomic E-state index is 0.0794. The Morgan fingerprint density at radius 1 is 1.06 bits per heavy atom. The van der Waals surface area contributed by atoms with Gasteiger partial charge in [0.25, 0.3) is 5.91 Å². The number of ether oxygens (including phenoxy) is 2. The van der Waals surface area contributed by atoms with Gasteiger partial charge >= 0.3 is 0 Å². The van der Waals surface area contributed by atoms with Crippen LogP contribution < -0.4 is 25.4 Å². The first-order valence-corrected chi connectivity index (χ1v) is 11.1. The fourth-order valence-electron chi connectivity index (χ4n) is 3.77. The SMILES string of the molecule is C=CC(=O)NC1CCN(c2cnc(Oc3ccc(Oc4cccc(F)c4)cc3)c(C(N)=O)c2)CC1. The van der Waals surface area contributed by atoms with Gasteiger partial charge in [-0.1, -0.05) is 12.6 Å². The molecule has 1 aromatic heterocycles. The van der Waals surface area contributed by atoms with Gasteiger partial charge in [-0.15, -0.1) is 0 Å². The largest absolute Gasteiger partial charge is 0.457 e. The number of nitrogens with zero attached hydrogens (tertiary/aromatic N) is 2. The Kier molecular flexibility index (Phi) is 7.25. The number of anilines is 1. The lowest BCUT2D eigenvalue weighted by atomic mass is 10.0. The number of benzene rings is 2. The zero-order chi connectivity index (χ0) is 24.8. The van der Waals surface area contributed by atoms with Crippen molar-refractivity contribution < 1.29 is 23.5 Å². The summed E-state index contributed by atoms with van der Waals surface area (Å²) in [6, 6.07) is 14.2. The van der Waals surface area contributed by atoms with Gasteiger partial charge in [-0.05, 0) is 61.4 Å². The number of nitrogens with one attached hydrogen (secondary N) is 1. The van der Waals surface area contributed by atoms with Crippen molar-refractivity contribution in [3.8, 4) is 23.1 Å². The summed E-state index contributed by atoms with van der Waals surface area (Å²) in [5.41, 5.74) is 6.50. The Balaban J connectivity index is 1.42. The maximum Gasteiger partial charge on any atom is 0.254 e. The number of carbonyl (C=O) groups excluding carboxylic acids is 2. The van der Waals surface area contributed by atoms with Crippen LogP contribution in [0.25, 0.3) is 0 Å². The fraction of sp³-hybridized carbons (Fsp3) is 0.192. The van der Waals surface area contributed by atoms with Gasteiger partial charge in [0.15, 0.2) is 0 Å². The van der Waals surface area contributed by atoms with Crippen molar-refractivity contribution in [3.63, 3.8) is 0 Å². The van der Waals surface area contributed by atoms with Crippen LogP contribution in [0, 0.1) is 5.82 Å². The normalized spacial score (nSPS) is 13.7. The standard InChI is InChI=1S/C26H25FN4O4/c1-2-24(32)30-18-10-12-31(13-11-18)19-15-23(25(28)33)26(29-16-19)35-21-8-6-20(7-9-21)34-22-5-3-4-17(27)14-22/h2-9,14-16,18H,1,10-13H2,(H2,28,33)(H,30,32). The number of primary amides is 1. The van der Waals surface area contributed by atoms with Crippen LogP contribution in [-0.4, -0.2) is 35.9 Å². The lowest BCUT2D eigenvalue weighted by molar-refractivity contribution is -0.117. The average Bonchev–Trinajstić information content (AvgIpc) is 2.86. The molecule has 9 heteroatoms. The van der Waals surface area contributed by atoms with Gasteiger partial charge in [0.2, 0.25) is 11.8 Å². The number of rotatable bonds is 8. The lowest BCUT2D eigenvalue weighted by Crippen LogP contribution is -2.44. The summed E-state index contributed by atoms with van der Waals surface area (Å²) in [6.45, 7) is 4.85. The molecule has 180 valence electrons.